The zero-order valence-corrected chi connectivity index (χ0v) is 19.6. The van der Waals surface area contributed by atoms with Gasteiger partial charge in [-0.3, -0.25) is 9.69 Å². The summed E-state index contributed by atoms with van der Waals surface area (Å²) in [4.78, 5) is 22.2. The fraction of sp³-hybridized carbons (Fsp3) is 0.286. The van der Waals surface area contributed by atoms with Crippen LogP contribution in [0.2, 0.25) is 0 Å². The lowest BCUT2D eigenvalue weighted by atomic mass is 10.1. The van der Waals surface area contributed by atoms with Crippen LogP contribution in [0.5, 0.6) is 5.75 Å². The van der Waals surface area contributed by atoms with Gasteiger partial charge in [-0.25, -0.2) is 4.98 Å². The number of carbonyl (C=O) groups is 1. The molecule has 0 radical (unpaired) electrons. The maximum Gasteiger partial charge on any atom is 0.227 e. The van der Waals surface area contributed by atoms with Gasteiger partial charge in [0.1, 0.15) is 11.6 Å². The molecule has 0 saturated carbocycles. The normalized spacial score (nSPS) is 14.4. The van der Waals surface area contributed by atoms with E-state index < -0.39 is 0 Å². The highest BCUT2D eigenvalue weighted by atomic mass is 16.5. The van der Waals surface area contributed by atoms with Crippen molar-refractivity contribution < 1.29 is 9.53 Å². The predicted octanol–water partition coefficient (Wildman–Crippen LogP) is 3.98. The monoisotopic (exact) mass is 454 g/mol. The lowest BCUT2D eigenvalue weighted by molar-refractivity contribution is -0.132. The van der Waals surface area contributed by atoms with Gasteiger partial charge in [0.05, 0.1) is 31.1 Å². The number of carbonyl (C=O) groups excluding carboxylic acids is 1. The molecule has 0 unspecified atom stereocenters. The number of rotatable bonds is 7. The minimum atomic E-state index is 0.182. The molecule has 3 aromatic carbocycles. The molecule has 0 N–H and O–H groups in total. The SMILES string of the molecule is COc1ccc(CC(=O)N2CCN(Cc3nc4ccccc4n3Cc3ccccc3)CC2)cc1. The van der Waals surface area contributed by atoms with Crippen molar-refractivity contribution in [3.8, 4) is 5.75 Å². The molecule has 0 bridgehead atoms. The van der Waals surface area contributed by atoms with Crippen molar-refractivity contribution in [2.45, 2.75) is 19.5 Å². The number of methoxy groups -OCH3 is 1. The van der Waals surface area contributed by atoms with Gasteiger partial charge in [-0.05, 0) is 35.4 Å². The first-order chi connectivity index (χ1) is 16.7. The second-order valence-corrected chi connectivity index (χ2v) is 8.77. The van der Waals surface area contributed by atoms with Crippen LogP contribution in [0.1, 0.15) is 17.0 Å². The standard InChI is InChI=1S/C28H30N4O2/c1-34-24-13-11-22(12-14-24)19-28(33)31-17-15-30(16-18-31)21-27-29-25-9-5-6-10-26(25)32(27)20-23-7-3-2-4-8-23/h2-14H,15-21H2,1H3. The number of piperazine rings is 1. The van der Waals surface area contributed by atoms with E-state index in [1.165, 1.54) is 5.56 Å². The number of para-hydroxylation sites is 2. The van der Waals surface area contributed by atoms with E-state index >= 15 is 0 Å². The number of fused-ring (bicyclic) bond motifs is 1. The van der Waals surface area contributed by atoms with Crippen LogP contribution >= 0.6 is 0 Å². The van der Waals surface area contributed by atoms with Crippen molar-refractivity contribution in [2.24, 2.45) is 0 Å². The largest absolute Gasteiger partial charge is 0.497 e. The molecule has 6 nitrogen and oxygen atoms in total. The lowest BCUT2D eigenvalue weighted by Crippen LogP contribution is -2.49. The molecular weight excluding hydrogens is 424 g/mol. The molecule has 0 atom stereocenters. The zero-order chi connectivity index (χ0) is 23.3. The summed E-state index contributed by atoms with van der Waals surface area (Å²) >= 11 is 0. The molecule has 34 heavy (non-hydrogen) atoms. The molecule has 1 aliphatic rings. The van der Waals surface area contributed by atoms with E-state index in [2.05, 4.69) is 51.9 Å². The average molecular weight is 455 g/mol. The Hall–Kier alpha value is -3.64. The van der Waals surface area contributed by atoms with Crippen molar-refractivity contribution >= 4 is 16.9 Å². The summed E-state index contributed by atoms with van der Waals surface area (Å²) in [6.07, 6.45) is 0.427. The van der Waals surface area contributed by atoms with Gasteiger partial charge in [-0.2, -0.15) is 0 Å². The van der Waals surface area contributed by atoms with Crippen LogP contribution in [0.4, 0.5) is 0 Å². The van der Waals surface area contributed by atoms with Crippen molar-refractivity contribution in [3.63, 3.8) is 0 Å². The Morgan fingerprint density at radius 2 is 1.53 bits per heavy atom. The molecule has 6 heteroatoms. The van der Waals surface area contributed by atoms with Gasteiger partial charge in [0, 0.05) is 32.7 Å². The quantitative estimate of drug-likeness (QED) is 0.424. The Morgan fingerprint density at radius 3 is 2.26 bits per heavy atom. The Bertz CT molecular complexity index is 1240. The van der Waals surface area contributed by atoms with Crippen molar-refractivity contribution in [1.29, 1.82) is 0 Å². The Labute approximate surface area is 200 Å². The number of hydrogen-bond acceptors (Lipinski definition) is 4. The maximum absolute atomic E-state index is 12.8. The molecular formula is C28H30N4O2. The van der Waals surface area contributed by atoms with Gasteiger partial charge in [-0.1, -0.05) is 54.6 Å². The summed E-state index contributed by atoms with van der Waals surface area (Å²) in [5, 5.41) is 0. The van der Waals surface area contributed by atoms with E-state index in [4.69, 9.17) is 9.72 Å². The third-order valence-electron chi connectivity index (χ3n) is 6.52. The van der Waals surface area contributed by atoms with E-state index in [0.717, 1.165) is 67.4 Å². The summed E-state index contributed by atoms with van der Waals surface area (Å²) in [5.41, 5.74) is 4.47. The number of benzene rings is 3. The van der Waals surface area contributed by atoms with Gasteiger partial charge >= 0.3 is 0 Å². The summed E-state index contributed by atoms with van der Waals surface area (Å²) in [6.45, 7) is 4.77. The van der Waals surface area contributed by atoms with Crippen LogP contribution in [0, 0.1) is 0 Å². The van der Waals surface area contributed by atoms with Crippen LogP contribution in [0.15, 0.2) is 78.9 Å². The fourth-order valence-electron chi connectivity index (χ4n) is 4.57. The number of nitrogens with zero attached hydrogens (tertiary/aromatic N) is 4. The molecule has 0 aliphatic carbocycles. The first-order valence-electron chi connectivity index (χ1n) is 11.8. The minimum absolute atomic E-state index is 0.182. The van der Waals surface area contributed by atoms with Crippen LogP contribution < -0.4 is 4.74 Å². The molecule has 4 aromatic rings. The number of hydrogen-bond donors (Lipinski definition) is 0. The van der Waals surface area contributed by atoms with Crippen molar-refractivity contribution in [2.75, 3.05) is 33.3 Å². The number of aromatic nitrogens is 2. The van der Waals surface area contributed by atoms with Gasteiger partial charge < -0.3 is 14.2 Å². The fourth-order valence-corrected chi connectivity index (χ4v) is 4.57. The van der Waals surface area contributed by atoms with E-state index in [9.17, 15) is 4.79 Å². The van der Waals surface area contributed by atoms with Gasteiger partial charge in [0.2, 0.25) is 5.91 Å². The average Bonchev–Trinajstić information content (AvgIpc) is 3.22. The van der Waals surface area contributed by atoms with E-state index in [1.54, 1.807) is 7.11 Å². The van der Waals surface area contributed by atoms with Crippen LogP contribution in [0.25, 0.3) is 11.0 Å². The summed E-state index contributed by atoms with van der Waals surface area (Å²) in [6, 6.07) is 26.6. The van der Waals surface area contributed by atoms with Gasteiger partial charge in [0.25, 0.3) is 0 Å². The summed E-state index contributed by atoms with van der Waals surface area (Å²) in [5.74, 6) is 2.06. The second kappa shape index (κ2) is 10.1. The van der Waals surface area contributed by atoms with E-state index in [-0.39, 0.29) is 5.91 Å². The van der Waals surface area contributed by atoms with Crippen molar-refractivity contribution in [1.82, 2.24) is 19.4 Å². The molecule has 5 rings (SSSR count). The number of imidazole rings is 1. The number of amides is 1. The molecule has 1 fully saturated rings. The molecule has 0 spiro atoms. The molecule has 2 heterocycles. The molecule has 1 aliphatic heterocycles. The minimum Gasteiger partial charge on any atom is -0.497 e. The van der Waals surface area contributed by atoms with Crippen LogP contribution in [0.3, 0.4) is 0 Å². The molecule has 1 amide bonds. The van der Waals surface area contributed by atoms with Gasteiger partial charge in [0.15, 0.2) is 0 Å². The third kappa shape index (κ3) is 4.97. The van der Waals surface area contributed by atoms with Gasteiger partial charge in [-0.15, -0.1) is 0 Å². The first kappa shape index (κ1) is 22.2. The Kier molecular flexibility index (Phi) is 6.58. The lowest BCUT2D eigenvalue weighted by Gasteiger charge is -2.34. The third-order valence-corrected chi connectivity index (χ3v) is 6.52. The summed E-state index contributed by atoms with van der Waals surface area (Å²) < 4.78 is 7.53. The highest BCUT2D eigenvalue weighted by Crippen LogP contribution is 2.20. The molecule has 174 valence electrons. The highest BCUT2D eigenvalue weighted by molar-refractivity contribution is 5.79. The van der Waals surface area contributed by atoms with E-state index in [1.807, 2.05) is 41.3 Å². The zero-order valence-electron chi connectivity index (χ0n) is 19.6. The van der Waals surface area contributed by atoms with Crippen LogP contribution in [-0.2, 0) is 24.3 Å². The predicted molar refractivity (Wildman–Crippen MR) is 134 cm³/mol. The second-order valence-electron chi connectivity index (χ2n) is 8.77. The van der Waals surface area contributed by atoms with Crippen molar-refractivity contribution in [3.05, 3.63) is 95.8 Å². The molecule has 1 saturated heterocycles. The first-order valence-corrected chi connectivity index (χ1v) is 11.8. The Balaban J connectivity index is 1.23. The Morgan fingerprint density at radius 1 is 0.824 bits per heavy atom. The highest BCUT2D eigenvalue weighted by Gasteiger charge is 2.23. The summed E-state index contributed by atoms with van der Waals surface area (Å²) in [7, 11) is 1.65. The smallest absolute Gasteiger partial charge is 0.227 e. The molecule has 1 aromatic heterocycles. The number of ether oxygens (including phenoxy) is 1. The van der Waals surface area contributed by atoms with E-state index in [0.29, 0.717) is 6.42 Å². The maximum atomic E-state index is 12.8. The van der Waals surface area contributed by atoms with Crippen LogP contribution in [-0.4, -0.2) is 58.5 Å². The topological polar surface area (TPSA) is 50.6 Å².